The fourth-order valence-electron chi connectivity index (χ4n) is 4.35. The summed E-state index contributed by atoms with van der Waals surface area (Å²) in [4.78, 5) is 26.8. The van der Waals surface area contributed by atoms with Gasteiger partial charge in [-0.3, -0.25) is 9.48 Å². The third-order valence-electron chi connectivity index (χ3n) is 5.58. The summed E-state index contributed by atoms with van der Waals surface area (Å²) in [6.07, 6.45) is 11.3. The summed E-state index contributed by atoms with van der Waals surface area (Å²) < 4.78 is 1.68. The minimum Gasteiger partial charge on any atom is -0.353 e. The fraction of sp³-hybridized carbons (Fsp3) is 0.474. The number of thiophene rings is 1. The quantitative estimate of drug-likeness (QED) is 0.663. The van der Waals surface area contributed by atoms with Crippen LogP contribution in [0.15, 0.2) is 18.7 Å². The molecular weight excluding hydrogens is 346 g/mol. The number of rotatable bonds is 4. The Bertz CT molecular complexity index is 991. The molecule has 7 heteroatoms. The molecule has 0 amide bonds. The number of aromatic nitrogens is 4. The molecular formula is C19H21N5OS. The first-order valence-corrected chi connectivity index (χ1v) is 10.1. The molecule has 26 heavy (non-hydrogen) atoms. The topological polar surface area (TPSA) is 63.9 Å². The number of nitrogens with zero attached hydrogens (tertiary/aromatic N) is 5. The predicted molar refractivity (Wildman–Crippen MR) is 102 cm³/mol. The van der Waals surface area contributed by atoms with Crippen LogP contribution in [0.3, 0.4) is 0 Å². The molecule has 5 rings (SSSR count). The van der Waals surface area contributed by atoms with E-state index in [1.165, 1.54) is 28.7 Å². The first-order valence-electron chi connectivity index (χ1n) is 9.24. The zero-order valence-electron chi connectivity index (χ0n) is 14.8. The van der Waals surface area contributed by atoms with Crippen LogP contribution in [-0.2, 0) is 19.9 Å². The molecule has 0 N–H and O–H groups in total. The molecule has 0 saturated carbocycles. The zero-order chi connectivity index (χ0) is 17.7. The van der Waals surface area contributed by atoms with Gasteiger partial charge in [0.25, 0.3) is 0 Å². The van der Waals surface area contributed by atoms with Gasteiger partial charge in [-0.25, -0.2) is 9.97 Å². The zero-order valence-corrected chi connectivity index (χ0v) is 15.6. The van der Waals surface area contributed by atoms with Crippen molar-refractivity contribution < 1.29 is 4.79 Å². The minimum absolute atomic E-state index is 0.163. The second-order valence-electron chi connectivity index (χ2n) is 7.25. The first kappa shape index (κ1) is 15.9. The molecule has 134 valence electrons. The van der Waals surface area contributed by atoms with E-state index in [4.69, 9.17) is 0 Å². The highest BCUT2D eigenvalue weighted by Gasteiger charge is 2.31. The van der Waals surface area contributed by atoms with Crippen molar-refractivity contribution in [3.8, 4) is 0 Å². The van der Waals surface area contributed by atoms with Crippen molar-refractivity contribution in [1.29, 1.82) is 0 Å². The second kappa shape index (κ2) is 6.16. The lowest BCUT2D eigenvalue weighted by molar-refractivity contribution is 0.0974. The number of carbonyl (C=O) groups is 1. The fourth-order valence-corrected chi connectivity index (χ4v) is 5.58. The lowest BCUT2D eigenvalue weighted by Crippen LogP contribution is -2.32. The molecule has 6 nitrogen and oxygen atoms in total. The summed E-state index contributed by atoms with van der Waals surface area (Å²) in [6.45, 7) is 0.960. The molecule has 0 bridgehead atoms. The monoisotopic (exact) mass is 367 g/mol. The van der Waals surface area contributed by atoms with E-state index in [9.17, 15) is 4.79 Å². The van der Waals surface area contributed by atoms with Crippen LogP contribution in [0.4, 0.5) is 5.82 Å². The van der Waals surface area contributed by atoms with Gasteiger partial charge in [0.1, 0.15) is 17.0 Å². The Labute approximate surface area is 155 Å². The smallest absolute Gasteiger partial charge is 0.168 e. The molecule has 0 aromatic carbocycles. The van der Waals surface area contributed by atoms with Crippen molar-refractivity contribution in [1.82, 2.24) is 19.7 Å². The molecule has 1 fully saturated rings. The normalized spacial score (nSPS) is 19.4. The molecule has 4 heterocycles. The largest absolute Gasteiger partial charge is 0.353 e. The van der Waals surface area contributed by atoms with E-state index in [1.807, 2.05) is 18.4 Å². The van der Waals surface area contributed by atoms with Gasteiger partial charge >= 0.3 is 0 Å². The van der Waals surface area contributed by atoms with Gasteiger partial charge in [-0.15, -0.1) is 11.3 Å². The van der Waals surface area contributed by atoms with Crippen LogP contribution in [0.1, 0.15) is 46.5 Å². The van der Waals surface area contributed by atoms with Crippen LogP contribution in [-0.4, -0.2) is 38.1 Å². The summed E-state index contributed by atoms with van der Waals surface area (Å²) in [5.41, 5.74) is 2.15. The third-order valence-corrected chi connectivity index (χ3v) is 6.78. The number of ketones is 1. The van der Waals surface area contributed by atoms with Crippen molar-refractivity contribution in [2.45, 2.75) is 44.6 Å². The number of hydrogen-bond donors (Lipinski definition) is 0. The highest BCUT2D eigenvalue weighted by atomic mass is 32.1. The van der Waals surface area contributed by atoms with E-state index in [0.29, 0.717) is 12.0 Å². The number of carbonyl (C=O) groups excluding carboxylic acids is 1. The Morgan fingerprint density at radius 1 is 1.31 bits per heavy atom. The molecule has 3 aromatic rings. The highest BCUT2D eigenvalue weighted by Crippen LogP contribution is 2.41. The maximum absolute atomic E-state index is 12.7. The van der Waals surface area contributed by atoms with Crippen molar-refractivity contribution >= 4 is 33.2 Å². The Morgan fingerprint density at radius 2 is 2.23 bits per heavy atom. The van der Waals surface area contributed by atoms with E-state index in [0.717, 1.165) is 36.5 Å². The van der Waals surface area contributed by atoms with E-state index < -0.39 is 0 Å². The summed E-state index contributed by atoms with van der Waals surface area (Å²) in [5, 5.41) is 5.37. The van der Waals surface area contributed by atoms with Crippen molar-refractivity contribution in [2.75, 3.05) is 11.4 Å². The van der Waals surface area contributed by atoms with Crippen LogP contribution in [0.25, 0.3) is 10.2 Å². The molecule has 1 atom stereocenters. The Balaban J connectivity index is 1.48. The van der Waals surface area contributed by atoms with E-state index >= 15 is 0 Å². The highest BCUT2D eigenvalue weighted by molar-refractivity contribution is 7.19. The maximum Gasteiger partial charge on any atom is 0.168 e. The van der Waals surface area contributed by atoms with Crippen molar-refractivity contribution in [2.24, 2.45) is 7.05 Å². The Morgan fingerprint density at radius 3 is 3.08 bits per heavy atom. The molecule has 1 aliphatic heterocycles. The number of Topliss-reactive ketones (excluding diaryl/α,β-unsaturated/α-hetero) is 1. The lowest BCUT2D eigenvalue weighted by Gasteiger charge is -2.26. The summed E-state index contributed by atoms with van der Waals surface area (Å²) in [7, 11) is 1.84. The van der Waals surface area contributed by atoms with Crippen molar-refractivity contribution in [3.05, 3.63) is 34.7 Å². The van der Waals surface area contributed by atoms with Gasteiger partial charge in [-0.05, 0) is 37.7 Å². The average Bonchev–Trinajstić information content (AvgIpc) is 3.37. The van der Waals surface area contributed by atoms with E-state index in [1.54, 1.807) is 23.4 Å². The summed E-state index contributed by atoms with van der Waals surface area (Å²) in [5.74, 6) is 1.20. The molecule has 1 aliphatic carbocycles. The van der Waals surface area contributed by atoms with Gasteiger partial charge in [0, 0.05) is 37.1 Å². The molecule has 0 spiro atoms. The van der Waals surface area contributed by atoms with E-state index in [2.05, 4.69) is 20.0 Å². The molecule has 1 saturated heterocycles. The molecule has 0 radical (unpaired) electrons. The van der Waals surface area contributed by atoms with Gasteiger partial charge < -0.3 is 4.90 Å². The Kier molecular flexibility index (Phi) is 3.77. The van der Waals surface area contributed by atoms with Crippen LogP contribution in [0.5, 0.6) is 0 Å². The SMILES string of the molecule is Cn1cc(C(=O)CC2CCCN2c2ncnc3sc4c(c23)CCC4)cn1. The first-order chi connectivity index (χ1) is 12.7. The predicted octanol–water partition coefficient (Wildman–Crippen LogP) is 3.16. The number of aryl methyl sites for hydroxylation is 3. The number of anilines is 1. The van der Waals surface area contributed by atoms with Gasteiger partial charge in [0.05, 0.1) is 17.1 Å². The van der Waals surface area contributed by atoms with Crippen LogP contribution >= 0.6 is 11.3 Å². The van der Waals surface area contributed by atoms with Crippen LogP contribution in [0.2, 0.25) is 0 Å². The van der Waals surface area contributed by atoms with Crippen molar-refractivity contribution in [3.63, 3.8) is 0 Å². The molecule has 3 aromatic heterocycles. The molecule has 2 aliphatic rings. The van der Waals surface area contributed by atoms with Gasteiger partial charge in [0.2, 0.25) is 0 Å². The summed E-state index contributed by atoms with van der Waals surface area (Å²) in [6, 6.07) is 0.206. The maximum atomic E-state index is 12.7. The van der Waals surface area contributed by atoms with Gasteiger partial charge in [-0.2, -0.15) is 5.10 Å². The van der Waals surface area contributed by atoms with E-state index in [-0.39, 0.29) is 11.8 Å². The van der Waals surface area contributed by atoms with Gasteiger partial charge in [0.15, 0.2) is 5.78 Å². The molecule has 1 unspecified atom stereocenters. The standard InChI is InChI=1S/C19H21N5OS/c1-23-10-12(9-22-23)15(25)8-13-4-3-7-24(13)18-17-14-5-2-6-16(14)26-19(17)21-11-20-18/h9-11,13H,2-8H2,1H3. The minimum atomic E-state index is 0.163. The lowest BCUT2D eigenvalue weighted by atomic mass is 10.0. The average molecular weight is 367 g/mol. The van der Waals surface area contributed by atoms with Crippen LogP contribution in [0, 0.1) is 0 Å². The van der Waals surface area contributed by atoms with Gasteiger partial charge in [-0.1, -0.05) is 0 Å². The Hall–Kier alpha value is -2.28. The number of fused-ring (bicyclic) bond motifs is 3. The van der Waals surface area contributed by atoms with Crippen LogP contribution < -0.4 is 4.90 Å². The second-order valence-corrected chi connectivity index (χ2v) is 8.34. The number of hydrogen-bond acceptors (Lipinski definition) is 6. The third kappa shape index (κ3) is 2.53. The summed E-state index contributed by atoms with van der Waals surface area (Å²) >= 11 is 1.82.